The Labute approximate surface area is 71.8 Å². The van der Waals surface area contributed by atoms with Crippen molar-refractivity contribution in [2.75, 3.05) is 13.2 Å². The van der Waals surface area contributed by atoms with E-state index >= 15 is 0 Å². The van der Waals surface area contributed by atoms with Crippen LogP contribution >= 0.6 is 0 Å². The first kappa shape index (κ1) is 13.9. The number of rotatable bonds is 4. The van der Waals surface area contributed by atoms with Gasteiger partial charge in [0.15, 0.2) is 0 Å². The van der Waals surface area contributed by atoms with E-state index in [-0.39, 0.29) is 13.0 Å². The van der Waals surface area contributed by atoms with Crippen LogP contribution in [0.1, 0.15) is 19.8 Å². The number of carbonyl (C=O) groups is 1. The predicted octanol–water partition coefficient (Wildman–Crippen LogP) is -0.831. The molecule has 1 unspecified atom stereocenters. The van der Waals surface area contributed by atoms with Crippen molar-refractivity contribution in [1.29, 1.82) is 0 Å². The van der Waals surface area contributed by atoms with Gasteiger partial charge in [-0.2, -0.15) is 0 Å². The van der Waals surface area contributed by atoms with Crippen LogP contribution in [-0.4, -0.2) is 40.5 Å². The van der Waals surface area contributed by atoms with Gasteiger partial charge in [0.05, 0.1) is 12.7 Å². The highest BCUT2D eigenvalue weighted by Crippen LogP contribution is 1.82. The van der Waals surface area contributed by atoms with E-state index in [2.05, 4.69) is 0 Å². The largest absolute Gasteiger partial charge is 0.481 e. The average molecular weight is 179 g/mol. The molecule has 0 aliphatic rings. The molecular weight excluding hydrogens is 162 g/mol. The molecule has 0 radical (unpaired) electrons. The summed E-state index contributed by atoms with van der Waals surface area (Å²) in [6.07, 6.45) is 0.209. The molecule has 0 aromatic heterocycles. The molecule has 0 fully saturated rings. The second-order valence-corrected chi connectivity index (χ2v) is 2.32. The molecule has 0 saturated carbocycles. The Kier molecular flexibility index (Phi) is 12.0. The number of aliphatic carboxylic acids is 1. The molecule has 0 saturated heterocycles. The third-order valence-electron chi connectivity index (χ3n) is 0.859. The fraction of sp³-hybridized carbons (Fsp3) is 0.857. The molecule has 1 atom stereocenters. The van der Waals surface area contributed by atoms with Crippen molar-refractivity contribution < 1.29 is 20.1 Å². The highest BCUT2D eigenvalue weighted by atomic mass is 16.4. The average Bonchev–Trinajstić information content (AvgIpc) is 2.02. The molecular formula is C7H17NO4. The van der Waals surface area contributed by atoms with Crippen LogP contribution in [0.3, 0.4) is 0 Å². The Hall–Kier alpha value is -0.650. The molecule has 0 rings (SSSR count). The van der Waals surface area contributed by atoms with Crippen LogP contribution in [0.15, 0.2) is 0 Å². The summed E-state index contributed by atoms with van der Waals surface area (Å²) in [7, 11) is 0. The van der Waals surface area contributed by atoms with Gasteiger partial charge in [0.2, 0.25) is 0 Å². The number of carboxylic acids is 1. The van der Waals surface area contributed by atoms with Gasteiger partial charge in [-0.05, 0) is 19.9 Å². The van der Waals surface area contributed by atoms with Gasteiger partial charge in [-0.15, -0.1) is 0 Å². The lowest BCUT2D eigenvalue weighted by Crippen LogP contribution is -2.03. The lowest BCUT2D eigenvalue weighted by atomic mass is 10.3. The van der Waals surface area contributed by atoms with Crippen molar-refractivity contribution in [3.05, 3.63) is 0 Å². The summed E-state index contributed by atoms with van der Waals surface area (Å²) in [6.45, 7) is 1.85. The Balaban J connectivity index is 0. The van der Waals surface area contributed by atoms with Crippen molar-refractivity contribution in [3.63, 3.8) is 0 Å². The highest BCUT2D eigenvalue weighted by molar-refractivity contribution is 5.66. The van der Waals surface area contributed by atoms with Crippen LogP contribution in [0.4, 0.5) is 0 Å². The van der Waals surface area contributed by atoms with Crippen LogP contribution in [0.5, 0.6) is 0 Å². The zero-order valence-corrected chi connectivity index (χ0v) is 7.23. The Morgan fingerprint density at radius 1 is 1.58 bits per heavy atom. The van der Waals surface area contributed by atoms with Crippen LogP contribution < -0.4 is 5.73 Å². The SMILES string of the molecule is CC(O)CO.NCCCC(=O)O. The molecule has 0 aromatic rings. The number of hydrogen-bond acceptors (Lipinski definition) is 4. The molecule has 0 aliphatic carbocycles. The first-order chi connectivity index (χ1) is 5.54. The van der Waals surface area contributed by atoms with Crippen molar-refractivity contribution in [1.82, 2.24) is 0 Å². The van der Waals surface area contributed by atoms with E-state index < -0.39 is 12.1 Å². The molecule has 0 amide bonds. The first-order valence-electron chi connectivity index (χ1n) is 3.75. The van der Waals surface area contributed by atoms with Gasteiger partial charge < -0.3 is 21.1 Å². The van der Waals surface area contributed by atoms with Crippen LogP contribution in [0.25, 0.3) is 0 Å². The van der Waals surface area contributed by atoms with Gasteiger partial charge in [-0.3, -0.25) is 4.79 Å². The summed E-state index contributed by atoms with van der Waals surface area (Å²) in [5.41, 5.74) is 5.01. The summed E-state index contributed by atoms with van der Waals surface area (Å²) in [5, 5.41) is 24.0. The van der Waals surface area contributed by atoms with E-state index in [9.17, 15) is 4.79 Å². The predicted molar refractivity (Wildman–Crippen MR) is 44.7 cm³/mol. The van der Waals surface area contributed by atoms with E-state index in [0.717, 1.165) is 0 Å². The third-order valence-corrected chi connectivity index (χ3v) is 0.859. The van der Waals surface area contributed by atoms with Crippen LogP contribution in [-0.2, 0) is 4.79 Å². The fourth-order valence-electron chi connectivity index (χ4n) is 0.253. The van der Waals surface area contributed by atoms with Crippen molar-refractivity contribution >= 4 is 5.97 Å². The summed E-state index contributed by atoms with van der Waals surface area (Å²) in [5.74, 6) is -0.773. The van der Waals surface area contributed by atoms with Crippen molar-refractivity contribution in [2.45, 2.75) is 25.9 Å². The standard InChI is InChI=1S/C4H9NO2.C3H8O2/c5-3-1-2-4(6)7;1-3(5)2-4/h1-3,5H2,(H,6,7);3-5H,2H2,1H3. The lowest BCUT2D eigenvalue weighted by molar-refractivity contribution is -0.137. The van der Waals surface area contributed by atoms with Crippen molar-refractivity contribution in [3.8, 4) is 0 Å². The molecule has 5 heteroatoms. The number of aliphatic hydroxyl groups excluding tert-OH is 2. The number of nitrogens with two attached hydrogens (primary N) is 1. The molecule has 0 aliphatic heterocycles. The zero-order chi connectivity index (χ0) is 9.98. The number of aliphatic hydroxyl groups is 2. The zero-order valence-electron chi connectivity index (χ0n) is 7.23. The summed E-state index contributed by atoms with van der Waals surface area (Å²) >= 11 is 0. The van der Waals surface area contributed by atoms with Crippen LogP contribution in [0.2, 0.25) is 0 Å². The van der Waals surface area contributed by atoms with Crippen molar-refractivity contribution in [2.24, 2.45) is 5.73 Å². The topological polar surface area (TPSA) is 104 Å². The fourth-order valence-corrected chi connectivity index (χ4v) is 0.253. The minimum absolute atomic E-state index is 0.139. The first-order valence-corrected chi connectivity index (χ1v) is 3.75. The maximum atomic E-state index is 9.70. The molecule has 5 N–H and O–H groups in total. The van der Waals surface area contributed by atoms with Gasteiger partial charge >= 0.3 is 5.97 Å². The van der Waals surface area contributed by atoms with E-state index in [1.807, 2.05) is 0 Å². The Morgan fingerprint density at radius 3 is 2.08 bits per heavy atom. The Bertz CT molecular complexity index is 106. The minimum Gasteiger partial charge on any atom is -0.481 e. The number of hydrogen-bond donors (Lipinski definition) is 4. The van der Waals surface area contributed by atoms with Gasteiger partial charge in [-0.25, -0.2) is 0 Å². The van der Waals surface area contributed by atoms with Gasteiger partial charge in [-0.1, -0.05) is 0 Å². The molecule has 0 spiro atoms. The molecule has 0 aromatic carbocycles. The summed E-state index contributed by atoms with van der Waals surface area (Å²) < 4.78 is 0. The summed E-state index contributed by atoms with van der Waals surface area (Å²) in [6, 6.07) is 0. The molecule has 74 valence electrons. The monoisotopic (exact) mass is 179 g/mol. The molecule has 5 nitrogen and oxygen atoms in total. The molecule has 0 bridgehead atoms. The normalized spacial score (nSPS) is 11.3. The van der Waals surface area contributed by atoms with E-state index in [0.29, 0.717) is 13.0 Å². The maximum Gasteiger partial charge on any atom is 0.303 e. The molecule has 0 heterocycles. The van der Waals surface area contributed by atoms with E-state index in [1.54, 1.807) is 0 Å². The summed E-state index contributed by atoms with van der Waals surface area (Å²) in [4.78, 5) is 9.70. The lowest BCUT2D eigenvalue weighted by Gasteiger charge is -1.90. The Morgan fingerprint density at radius 2 is 2.00 bits per heavy atom. The second kappa shape index (κ2) is 10.3. The van der Waals surface area contributed by atoms with Gasteiger partial charge in [0.1, 0.15) is 0 Å². The molecule has 12 heavy (non-hydrogen) atoms. The van der Waals surface area contributed by atoms with Gasteiger partial charge in [0, 0.05) is 6.42 Å². The smallest absolute Gasteiger partial charge is 0.303 e. The van der Waals surface area contributed by atoms with E-state index in [4.69, 9.17) is 21.1 Å². The third kappa shape index (κ3) is 22.8. The van der Waals surface area contributed by atoms with E-state index in [1.165, 1.54) is 6.92 Å². The van der Waals surface area contributed by atoms with Gasteiger partial charge in [0.25, 0.3) is 0 Å². The van der Waals surface area contributed by atoms with Crippen LogP contribution in [0, 0.1) is 0 Å². The highest BCUT2D eigenvalue weighted by Gasteiger charge is 1.91. The second-order valence-electron chi connectivity index (χ2n) is 2.32. The minimum atomic E-state index is -0.773. The quantitative estimate of drug-likeness (QED) is 0.451. The number of carboxylic acid groups (broad SMARTS) is 1. The maximum absolute atomic E-state index is 9.70.